The lowest BCUT2D eigenvalue weighted by Gasteiger charge is -2.34. The summed E-state index contributed by atoms with van der Waals surface area (Å²) in [5.41, 5.74) is 2.26. The Morgan fingerprint density at radius 1 is 0.964 bits per heavy atom. The molecule has 0 aliphatic carbocycles. The molecule has 2 aromatic heterocycles. The second kappa shape index (κ2) is 7.09. The van der Waals surface area contributed by atoms with E-state index in [-0.39, 0.29) is 5.91 Å². The Morgan fingerprint density at radius 3 is 2.50 bits per heavy atom. The lowest BCUT2D eigenvalue weighted by molar-refractivity contribution is 0.0742. The molecule has 3 heterocycles. The van der Waals surface area contributed by atoms with Crippen LogP contribution in [0.3, 0.4) is 0 Å². The van der Waals surface area contributed by atoms with E-state index < -0.39 is 0 Å². The van der Waals surface area contributed by atoms with Gasteiger partial charge in [-0.15, -0.1) is 0 Å². The number of anilines is 1. The lowest BCUT2D eigenvalue weighted by atomic mass is 10.1. The summed E-state index contributed by atoms with van der Waals surface area (Å²) >= 11 is 1.69. The van der Waals surface area contributed by atoms with E-state index in [1.165, 1.54) is 11.1 Å². The van der Waals surface area contributed by atoms with Gasteiger partial charge in [0.05, 0.1) is 10.2 Å². The maximum atomic E-state index is 13.0. The zero-order valence-electron chi connectivity index (χ0n) is 15.1. The molecule has 7 heteroatoms. The maximum absolute atomic E-state index is 13.0. The van der Waals surface area contributed by atoms with Crippen LogP contribution in [0.4, 0.5) is 5.13 Å². The van der Waals surface area contributed by atoms with Gasteiger partial charge in [0, 0.05) is 31.7 Å². The van der Waals surface area contributed by atoms with Crippen LogP contribution < -0.4 is 4.90 Å². The van der Waals surface area contributed by atoms with E-state index in [4.69, 9.17) is 9.40 Å². The molecule has 1 aliphatic rings. The van der Waals surface area contributed by atoms with Crippen LogP contribution in [-0.2, 0) is 0 Å². The highest BCUT2D eigenvalue weighted by atomic mass is 32.1. The first-order valence-electron chi connectivity index (χ1n) is 9.18. The predicted molar refractivity (Wildman–Crippen MR) is 110 cm³/mol. The van der Waals surface area contributed by atoms with E-state index in [1.807, 2.05) is 53.4 Å². The van der Waals surface area contributed by atoms with E-state index in [9.17, 15) is 4.79 Å². The molecule has 1 aliphatic heterocycles. The molecular formula is C21H18N4O2S. The van der Waals surface area contributed by atoms with Crippen molar-refractivity contribution in [3.05, 3.63) is 66.7 Å². The second-order valence-electron chi connectivity index (χ2n) is 6.64. The first-order chi connectivity index (χ1) is 13.8. The van der Waals surface area contributed by atoms with Gasteiger partial charge in [-0.05, 0) is 12.1 Å². The summed E-state index contributed by atoms with van der Waals surface area (Å²) in [6, 6.07) is 17.8. The van der Waals surface area contributed by atoms with Crippen molar-refractivity contribution in [2.75, 3.05) is 31.1 Å². The van der Waals surface area contributed by atoms with E-state index in [1.54, 1.807) is 11.3 Å². The molecule has 0 spiro atoms. The molecule has 1 saturated heterocycles. The monoisotopic (exact) mass is 390 g/mol. The van der Waals surface area contributed by atoms with Gasteiger partial charge in [0.25, 0.3) is 5.91 Å². The number of carbonyl (C=O) groups excluding carboxylic acids is 1. The number of hydrogen-bond acceptors (Lipinski definition) is 6. The largest absolute Gasteiger partial charge is 0.443 e. The van der Waals surface area contributed by atoms with Gasteiger partial charge in [0.1, 0.15) is 0 Å². The zero-order valence-corrected chi connectivity index (χ0v) is 15.9. The third kappa shape index (κ3) is 3.03. The number of oxazole rings is 1. The molecular weight excluding hydrogens is 372 g/mol. The maximum Gasteiger partial charge on any atom is 0.276 e. The van der Waals surface area contributed by atoms with Gasteiger partial charge < -0.3 is 14.2 Å². The molecule has 0 N–H and O–H groups in total. The van der Waals surface area contributed by atoms with E-state index >= 15 is 0 Å². The number of para-hydroxylation sites is 1. The first-order valence-corrected chi connectivity index (χ1v) is 10.00. The number of aromatic nitrogens is 2. The third-order valence-electron chi connectivity index (χ3n) is 4.93. The minimum atomic E-state index is -0.0865. The average molecular weight is 390 g/mol. The standard InChI is InChI=1S/C21H18N4O2S/c26-20(18-19(27-14-22-18)15-6-2-1-3-7-15)24-10-12-25(13-11-24)21-23-16-8-4-5-9-17(16)28-21/h1-9,14H,10-13H2. The van der Waals surface area contributed by atoms with Crippen LogP contribution in [0.2, 0.25) is 0 Å². The molecule has 0 atom stereocenters. The Labute approximate surface area is 166 Å². The minimum Gasteiger partial charge on any atom is -0.443 e. The molecule has 140 valence electrons. The van der Waals surface area contributed by atoms with Crippen LogP contribution >= 0.6 is 11.3 Å². The molecule has 4 aromatic rings. The summed E-state index contributed by atoms with van der Waals surface area (Å²) in [4.78, 5) is 26.0. The molecule has 2 aromatic carbocycles. The van der Waals surface area contributed by atoms with Crippen LogP contribution in [-0.4, -0.2) is 47.0 Å². The van der Waals surface area contributed by atoms with E-state index in [0.29, 0.717) is 24.5 Å². The fourth-order valence-corrected chi connectivity index (χ4v) is 4.46. The highest BCUT2D eigenvalue weighted by Gasteiger charge is 2.27. The summed E-state index contributed by atoms with van der Waals surface area (Å²) in [5.74, 6) is 0.441. The van der Waals surface area contributed by atoms with E-state index in [0.717, 1.165) is 29.3 Å². The quantitative estimate of drug-likeness (QED) is 0.531. The minimum absolute atomic E-state index is 0.0865. The van der Waals surface area contributed by atoms with Crippen molar-refractivity contribution in [3.8, 4) is 11.3 Å². The van der Waals surface area contributed by atoms with Gasteiger partial charge in [-0.1, -0.05) is 53.8 Å². The van der Waals surface area contributed by atoms with Crippen molar-refractivity contribution in [1.29, 1.82) is 0 Å². The highest BCUT2D eigenvalue weighted by molar-refractivity contribution is 7.22. The lowest BCUT2D eigenvalue weighted by Crippen LogP contribution is -2.49. The number of fused-ring (bicyclic) bond motifs is 1. The fraction of sp³-hybridized carbons (Fsp3) is 0.190. The van der Waals surface area contributed by atoms with Gasteiger partial charge in [-0.2, -0.15) is 0 Å². The van der Waals surface area contributed by atoms with Crippen LogP contribution in [0, 0.1) is 0 Å². The van der Waals surface area contributed by atoms with Crippen molar-refractivity contribution >= 4 is 32.6 Å². The Kier molecular flexibility index (Phi) is 4.29. The number of benzene rings is 2. The number of thiazole rings is 1. The topological polar surface area (TPSA) is 62.5 Å². The Bertz CT molecular complexity index is 1080. The molecule has 28 heavy (non-hydrogen) atoms. The summed E-state index contributed by atoms with van der Waals surface area (Å²) in [7, 11) is 0. The summed E-state index contributed by atoms with van der Waals surface area (Å²) in [6.45, 7) is 2.78. The number of carbonyl (C=O) groups is 1. The predicted octanol–water partition coefficient (Wildman–Crippen LogP) is 3.91. The second-order valence-corrected chi connectivity index (χ2v) is 7.65. The number of piperazine rings is 1. The summed E-state index contributed by atoms with van der Waals surface area (Å²) < 4.78 is 6.70. The average Bonchev–Trinajstić information content (AvgIpc) is 3.41. The van der Waals surface area contributed by atoms with Crippen LogP contribution in [0.15, 0.2) is 65.4 Å². The normalized spacial score (nSPS) is 14.6. The molecule has 1 fully saturated rings. The van der Waals surface area contributed by atoms with Crippen molar-refractivity contribution in [1.82, 2.24) is 14.9 Å². The van der Waals surface area contributed by atoms with Crippen molar-refractivity contribution in [2.24, 2.45) is 0 Å². The summed E-state index contributed by atoms with van der Waals surface area (Å²) in [5, 5.41) is 1.01. The van der Waals surface area contributed by atoms with Crippen molar-refractivity contribution in [3.63, 3.8) is 0 Å². The van der Waals surface area contributed by atoms with Gasteiger partial charge in [-0.3, -0.25) is 4.79 Å². The highest BCUT2D eigenvalue weighted by Crippen LogP contribution is 2.30. The Morgan fingerprint density at radius 2 is 1.71 bits per heavy atom. The number of nitrogens with zero attached hydrogens (tertiary/aromatic N) is 4. The van der Waals surface area contributed by atoms with Crippen LogP contribution in [0.25, 0.3) is 21.5 Å². The first kappa shape index (κ1) is 16.9. The van der Waals surface area contributed by atoms with Gasteiger partial charge in [0.15, 0.2) is 23.0 Å². The molecule has 5 rings (SSSR count). The number of rotatable bonds is 3. The SMILES string of the molecule is O=C(c1ncoc1-c1ccccc1)N1CCN(c2nc3ccccc3s2)CC1. The molecule has 0 radical (unpaired) electrons. The number of amides is 1. The summed E-state index contributed by atoms with van der Waals surface area (Å²) in [6.07, 6.45) is 1.34. The van der Waals surface area contributed by atoms with Crippen LogP contribution in [0.1, 0.15) is 10.5 Å². The van der Waals surface area contributed by atoms with Gasteiger partial charge >= 0.3 is 0 Å². The molecule has 1 amide bonds. The van der Waals surface area contributed by atoms with Gasteiger partial charge in [0.2, 0.25) is 0 Å². The Hall–Kier alpha value is -3.19. The Balaban J connectivity index is 1.31. The molecule has 0 bridgehead atoms. The molecule has 0 saturated carbocycles. The zero-order chi connectivity index (χ0) is 18.9. The molecule has 6 nitrogen and oxygen atoms in total. The van der Waals surface area contributed by atoms with E-state index in [2.05, 4.69) is 16.0 Å². The number of hydrogen-bond donors (Lipinski definition) is 0. The smallest absolute Gasteiger partial charge is 0.276 e. The van der Waals surface area contributed by atoms with Crippen molar-refractivity contribution < 1.29 is 9.21 Å². The fourth-order valence-electron chi connectivity index (χ4n) is 3.44. The third-order valence-corrected chi connectivity index (χ3v) is 6.02. The van der Waals surface area contributed by atoms with Crippen molar-refractivity contribution in [2.45, 2.75) is 0 Å². The molecule has 0 unspecified atom stereocenters. The van der Waals surface area contributed by atoms with Gasteiger partial charge in [-0.25, -0.2) is 9.97 Å². The van der Waals surface area contributed by atoms with Crippen LogP contribution in [0.5, 0.6) is 0 Å².